The van der Waals surface area contributed by atoms with E-state index in [4.69, 9.17) is 10.00 Å². The average molecular weight is 378 g/mol. The minimum Gasteiger partial charge on any atom is -0.479 e. The van der Waals surface area contributed by atoms with Crippen LogP contribution in [0.5, 0.6) is 5.75 Å². The van der Waals surface area contributed by atoms with Crippen LogP contribution in [0, 0.1) is 17.2 Å². The normalized spacial score (nSPS) is 21.6. The number of allylic oxidation sites excluding steroid dienone is 2. The molecule has 3 aromatic carbocycles. The first-order valence-electron chi connectivity index (χ1n) is 10.1. The Labute approximate surface area is 171 Å². The summed E-state index contributed by atoms with van der Waals surface area (Å²) in [6, 6.07) is 27.7. The number of hydrogen-bond donors (Lipinski definition) is 1. The average Bonchev–Trinajstić information content (AvgIpc) is 3.28. The number of benzene rings is 3. The highest BCUT2D eigenvalue weighted by molar-refractivity contribution is 5.71. The van der Waals surface area contributed by atoms with Crippen molar-refractivity contribution in [3.8, 4) is 22.9 Å². The Balaban J connectivity index is 1.47. The first-order chi connectivity index (χ1) is 14.3. The predicted octanol–water partition coefficient (Wildman–Crippen LogP) is 6.08. The van der Waals surface area contributed by atoms with E-state index in [0.29, 0.717) is 11.8 Å². The summed E-state index contributed by atoms with van der Waals surface area (Å²) in [5.74, 6) is 1.66. The molecule has 0 aromatic heterocycles. The summed E-state index contributed by atoms with van der Waals surface area (Å²) in [6.07, 6.45) is 5.76. The molecule has 0 saturated heterocycles. The molecule has 0 bridgehead atoms. The lowest BCUT2D eigenvalue weighted by Crippen LogP contribution is -2.29. The summed E-state index contributed by atoms with van der Waals surface area (Å²) in [5.41, 5.74) is 6.37. The van der Waals surface area contributed by atoms with Gasteiger partial charge in [-0.1, -0.05) is 60.7 Å². The zero-order valence-corrected chi connectivity index (χ0v) is 16.1. The second kappa shape index (κ2) is 7.48. The fourth-order valence-corrected chi connectivity index (χ4v) is 4.62. The minimum absolute atomic E-state index is 0.0762. The third-order valence-corrected chi connectivity index (χ3v) is 6.01. The van der Waals surface area contributed by atoms with E-state index in [1.54, 1.807) is 0 Å². The highest BCUT2D eigenvalue weighted by Gasteiger charge is 2.37. The highest BCUT2D eigenvalue weighted by atomic mass is 16.5. The number of nitrogens with zero attached hydrogens (tertiary/aromatic N) is 1. The number of hydrogen-bond acceptors (Lipinski definition) is 3. The SMILES string of the molecule is N#CCOc1ccc([C@@H]2Nc3ccc(-c4ccccc4)cc3[C@@H]3C=CC[C@H]32)cc1. The lowest BCUT2D eigenvalue weighted by molar-refractivity contribution is 0.367. The summed E-state index contributed by atoms with van der Waals surface area (Å²) in [7, 11) is 0. The molecular formula is C26H22N2O. The fourth-order valence-electron chi connectivity index (χ4n) is 4.62. The molecule has 5 rings (SSSR count). The Bertz CT molecular complexity index is 1080. The zero-order valence-electron chi connectivity index (χ0n) is 16.1. The van der Waals surface area contributed by atoms with Crippen LogP contribution in [0.4, 0.5) is 5.69 Å². The summed E-state index contributed by atoms with van der Waals surface area (Å²) in [4.78, 5) is 0. The van der Waals surface area contributed by atoms with E-state index in [9.17, 15) is 0 Å². The smallest absolute Gasteiger partial charge is 0.174 e. The van der Waals surface area contributed by atoms with Crippen molar-refractivity contribution in [2.45, 2.75) is 18.4 Å². The Morgan fingerprint density at radius 1 is 0.966 bits per heavy atom. The van der Waals surface area contributed by atoms with Gasteiger partial charge in [-0.3, -0.25) is 0 Å². The largest absolute Gasteiger partial charge is 0.479 e. The predicted molar refractivity (Wildman–Crippen MR) is 116 cm³/mol. The van der Waals surface area contributed by atoms with Gasteiger partial charge >= 0.3 is 0 Å². The van der Waals surface area contributed by atoms with Crippen LogP contribution >= 0.6 is 0 Å². The third-order valence-electron chi connectivity index (χ3n) is 6.01. The molecule has 1 N–H and O–H groups in total. The van der Waals surface area contributed by atoms with E-state index in [0.717, 1.165) is 12.2 Å². The first-order valence-corrected chi connectivity index (χ1v) is 10.1. The molecule has 3 nitrogen and oxygen atoms in total. The van der Waals surface area contributed by atoms with Gasteiger partial charge in [0.2, 0.25) is 0 Å². The van der Waals surface area contributed by atoms with Gasteiger partial charge in [0.15, 0.2) is 6.61 Å². The molecular weight excluding hydrogens is 356 g/mol. The van der Waals surface area contributed by atoms with Crippen LogP contribution in [0.15, 0.2) is 84.9 Å². The van der Waals surface area contributed by atoms with Crippen LogP contribution in [0.3, 0.4) is 0 Å². The second-order valence-corrected chi connectivity index (χ2v) is 7.66. The van der Waals surface area contributed by atoms with Crippen LogP contribution < -0.4 is 10.1 Å². The van der Waals surface area contributed by atoms with E-state index in [1.165, 1.54) is 27.9 Å². The van der Waals surface area contributed by atoms with Crippen molar-refractivity contribution in [1.29, 1.82) is 5.26 Å². The molecule has 3 aromatic rings. The van der Waals surface area contributed by atoms with Crippen LogP contribution in [-0.4, -0.2) is 6.61 Å². The van der Waals surface area contributed by atoms with Gasteiger partial charge in [0, 0.05) is 11.6 Å². The number of nitrogens with one attached hydrogen (secondary N) is 1. The number of fused-ring (bicyclic) bond motifs is 3. The van der Waals surface area contributed by atoms with Crippen molar-refractivity contribution >= 4 is 5.69 Å². The maximum atomic E-state index is 8.68. The molecule has 0 amide bonds. The maximum Gasteiger partial charge on any atom is 0.174 e. The number of anilines is 1. The first kappa shape index (κ1) is 17.6. The topological polar surface area (TPSA) is 45.0 Å². The standard InChI is InChI=1S/C26H22N2O/c27-15-16-29-21-12-9-19(10-13-21)26-23-8-4-7-22(23)24-17-20(11-14-25(24)28-26)18-5-2-1-3-6-18/h1-7,9-14,17,22-23,26,28H,8,16H2/t22-,23-,26+/m1/s1. The lowest BCUT2D eigenvalue weighted by Gasteiger charge is -2.38. The molecule has 0 radical (unpaired) electrons. The summed E-state index contributed by atoms with van der Waals surface area (Å²) >= 11 is 0. The Kier molecular flexibility index (Phi) is 4.54. The maximum absolute atomic E-state index is 8.68. The molecule has 1 heterocycles. The molecule has 0 saturated carbocycles. The molecule has 3 heteroatoms. The van der Waals surface area contributed by atoms with Crippen molar-refractivity contribution in [3.63, 3.8) is 0 Å². The number of nitriles is 1. The summed E-state index contributed by atoms with van der Waals surface area (Å²) in [5, 5.41) is 12.5. The Morgan fingerprint density at radius 3 is 2.59 bits per heavy atom. The Hall–Kier alpha value is -3.51. The van der Waals surface area contributed by atoms with E-state index in [-0.39, 0.29) is 12.6 Å². The van der Waals surface area contributed by atoms with E-state index >= 15 is 0 Å². The monoisotopic (exact) mass is 378 g/mol. The fraction of sp³-hybridized carbons (Fsp3) is 0.192. The van der Waals surface area contributed by atoms with E-state index in [1.807, 2.05) is 18.2 Å². The zero-order chi connectivity index (χ0) is 19.6. The van der Waals surface area contributed by atoms with Crippen molar-refractivity contribution in [3.05, 3.63) is 96.1 Å². The third kappa shape index (κ3) is 3.28. The molecule has 1 aliphatic carbocycles. The van der Waals surface area contributed by atoms with Gasteiger partial charge in [0.05, 0.1) is 6.04 Å². The number of rotatable bonds is 4. The molecule has 2 aliphatic rings. The van der Waals surface area contributed by atoms with Crippen LogP contribution in [0.2, 0.25) is 0 Å². The molecule has 29 heavy (non-hydrogen) atoms. The molecule has 1 aliphatic heterocycles. The highest BCUT2D eigenvalue weighted by Crippen LogP contribution is 2.50. The van der Waals surface area contributed by atoms with Gasteiger partial charge in [0.1, 0.15) is 11.8 Å². The van der Waals surface area contributed by atoms with Gasteiger partial charge < -0.3 is 10.1 Å². The van der Waals surface area contributed by atoms with Crippen LogP contribution in [0.25, 0.3) is 11.1 Å². The van der Waals surface area contributed by atoms with Crippen LogP contribution in [-0.2, 0) is 0 Å². The van der Waals surface area contributed by atoms with Gasteiger partial charge in [-0.05, 0) is 58.9 Å². The van der Waals surface area contributed by atoms with Gasteiger partial charge in [-0.25, -0.2) is 0 Å². The van der Waals surface area contributed by atoms with Crippen molar-refractivity contribution < 1.29 is 4.74 Å². The molecule has 142 valence electrons. The molecule has 3 atom stereocenters. The van der Waals surface area contributed by atoms with Crippen molar-refractivity contribution in [1.82, 2.24) is 0 Å². The molecule has 0 spiro atoms. The second-order valence-electron chi connectivity index (χ2n) is 7.66. The quantitative estimate of drug-likeness (QED) is 0.559. The number of ether oxygens (including phenoxy) is 1. The van der Waals surface area contributed by atoms with Crippen molar-refractivity contribution in [2.24, 2.45) is 5.92 Å². The lowest BCUT2D eigenvalue weighted by atomic mass is 9.76. The van der Waals surface area contributed by atoms with E-state index < -0.39 is 0 Å². The summed E-state index contributed by atoms with van der Waals surface area (Å²) < 4.78 is 5.40. The Morgan fingerprint density at radius 2 is 1.79 bits per heavy atom. The van der Waals surface area contributed by atoms with Crippen molar-refractivity contribution in [2.75, 3.05) is 11.9 Å². The summed E-state index contributed by atoms with van der Waals surface area (Å²) in [6.45, 7) is 0.0762. The van der Waals surface area contributed by atoms with Crippen LogP contribution in [0.1, 0.15) is 29.5 Å². The van der Waals surface area contributed by atoms with Gasteiger partial charge in [-0.2, -0.15) is 5.26 Å². The van der Waals surface area contributed by atoms with Gasteiger partial charge in [0.25, 0.3) is 0 Å². The van der Waals surface area contributed by atoms with E-state index in [2.05, 4.69) is 78.1 Å². The van der Waals surface area contributed by atoms with Gasteiger partial charge in [-0.15, -0.1) is 0 Å². The molecule has 0 unspecified atom stereocenters. The molecule has 0 fully saturated rings. The minimum atomic E-state index is 0.0762.